The summed E-state index contributed by atoms with van der Waals surface area (Å²) in [7, 11) is -2.19. The molecule has 10 heteroatoms. The van der Waals surface area contributed by atoms with Crippen molar-refractivity contribution in [2.45, 2.75) is 11.6 Å². The van der Waals surface area contributed by atoms with E-state index in [0.717, 1.165) is 5.56 Å². The van der Waals surface area contributed by atoms with Crippen LogP contribution in [0.5, 0.6) is 0 Å². The molecule has 0 radical (unpaired) electrons. The molecule has 0 bridgehead atoms. The molecule has 0 fully saturated rings. The van der Waals surface area contributed by atoms with Crippen LogP contribution in [0.15, 0.2) is 58.5 Å². The summed E-state index contributed by atoms with van der Waals surface area (Å²) < 4.78 is 30.8. The van der Waals surface area contributed by atoms with Crippen molar-refractivity contribution in [2.75, 3.05) is 20.1 Å². The summed E-state index contributed by atoms with van der Waals surface area (Å²) in [6.07, 6.45) is 3.26. The molecule has 3 rings (SSSR count). The summed E-state index contributed by atoms with van der Waals surface area (Å²) in [6, 6.07) is 10.9. The Morgan fingerprint density at radius 1 is 1.30 bits per heavy atom. The summed E-state index contributed by atoms with van der Waals surface area (Å²) in [5.74, 6) is 0.127. The second-order valence-electron chi connectivity index (χ2n) is 5.77. The first-order valence-electron chi connectivity index (χ1n) is 8.24. The fourth-order valence-corrected chi connectivity index (χ4v) is 3.45. The average Bonchev–Trinajstić information content (AvgIpc) is 3.38. The number of carbonyl (C=O) groups is 1. The Morgan fingerprint density at radius 2 is 2.07 bits per heavy atom. The number of benzene rings is 1. The molecule has 0 atom stereocenters. The lowest BCUT2D eigenvalue weighted by Crippen LogP contribution is -2.32. The molecule has 0 unspecified atom stereocenters. The van der Waals surface area contributed by atoms with E-state index in [1.807, 2.05) is 30.3 Å². The lowest BCUT2D eigenvalue weighted by atomic mass is 10.1. The summed E-state index contributed by atoms with van der Waals surface area (Å²) >= 11 is 0. The van der Waals surface area contributed by atoms with Crippen molar-refractivity contribution in [3.8, 4) is 11.3 Å². The third-order valence-corrected chi connectivity index (χ3v) is 5.58. The Morgan fingerprint density at radius 3 is 2.78 bits per heavy atom. The summed E-state index contributed by atoms with van der Waals surface area (Å²) in [6.45, 7) is 0.530. The van der Waals surface area contributed by atoms with Crippen molar-refractivity contribution in [3.05, 3.63) is 54.5 Å². The van der Waals surface area contributed by atoms with Crippen molar-refractivity contribution >= 4 is 15.9 Å². The van der Waals surface area contributed by atoms with Crippen LogP contribution in [0.2, 0.25) is 0 Å². The van der Waals surface area contributed by atoms with E-state index in [1.54, 1.807) is 6.07 Å². The largest absolute Gasteiger partial charge is 0.355 e. The Labute approximate surface area is 156 Å². The van der Waals surface area contributed by atoms with E-state index in [-0.39, 0.29) is 23.3 Å². The lowest BCUT2D eigenvalue weighted by molar-refractivity contribution is 0.0944. The zero-order chi connectivity index (χ0) is 19.3. The predicted molar refractivity (Wildman–Crippen MR) is 97.3 cm³/mol. The molecule has 1 aromatic carbocycles. The first-order valence-corrected chi connectivity index (χ1v) is 9.68. The molecule has 2 N–H and O–H groups in total. The van der Waals surface area contributed by atoms with Gasteiger partial charge >= 0.3 is 0 Å². The molecule has 2 aromatic heterocycles. The van der Waals surface area contributed by atoms with E-state index in [1.165, 1.54) is 23.7 Å². The number of aromatic amines is 1. The molecular weight excluding hydrogens is 370 g/mol. The molecule has 0 aliphatic heterocycles. The number of H-pyrrole nitrogens is 1. The number of sulfonamides is 1. The standard InChI is InChI=1S/C17H19N5O4S/c1-22(27(24,25)17-19-9-10-20-17)11-5-8-18-16(23)14-12-15(26-21-14)13-6-3-2-4-7-13/h2-4,6-7,9-10,12H,5,8,11H2,1H3,(H,18,23)(H,19,20). The minimum atomic E-state index is -3.65. The molecule has 3 aromatic rings. The highest BCUT2D eigenvalue weighted by Gasteiger charge is 2.22. The van der Waals surface area contributed by atoms with E-state index in [9.17, 15) is 13.2 Å². The molecule has 0 aliphatic carbocycles. The van der Waals surface area contributed by atoms with E-state index in [2.05, 4.69) is 20.4 Å². The van der Waals surface area contributed by atoms with Gasteiger partial charge in [-0.15, -0.1) is 0 Å². The Balaban J connectivity index is 1.48. The quantitative estimate of drug-likeness (QED) is 0.563. The lowest BCUT2D eigenvalue weighted by Gasteiger charge is -2.15. The van der Waals surface area contributed by atoms with Crippen LogP contribution >= 0.6 is 0 Å². The minimum Gasteiger partial charge on any atom is -0.355 e. The second-order valence-corrected chi connectivity index (χ2v) is 7.73. The molecule has 0 aliphatic rings. The van der Waals surface area contributed by atoms with Gasteiger partial charge in [0.15, 0.2) is 11.5 Å². The molecule has 142 valence electrons. The van der Waals surface area contributed by atoms with Crippen molar-refractivity contribution in [2.24, 2.45) is 0 Å². The molecule has 0 spiro atoms. The Hall–Kier alpha value is -2.98. The zero-order valence-electron chi connectivity index (χ0n) is 14.6. The van der Waals surface area contributed by atoms with Gasteiger partial charge in [-0.3, -0.25) is 4.79 Å². The predicted octanol–water partition coefficient (Wildman–Crippen LogP) is 1.51. The molecule has 2 heterocycles. The van der Waals surface area contributed by atoms with Gasteiger partial charge in [0.05, 0.1) is 0 Å². The van der Waals surface area contributed by atoms with Gasteiger partial charge in [-0.2, -0.15) is 4.31 Å². The normalized spacial score (nSPS) is 11.6. The first kappa shape index (κ1) is 18.8. The van der Waals surface area contributed by atoms with E-state index >= 15 is 0 Å². The average molecular weight is 389 g/mol. The highest BCUT2D eigenvalue weighted by atomic mass is 32.2. The van der Waals surface area contributed by atoms with Gasteiger partial charge in [-0.05, 0) is 6.42 Å². The van der Waals surface area contributed by atoms with E-state index in [0.29, 0.717) is 18.7 Å². The number of nitrogens with one attached hydrogen (secondary N) is 2. The maximum absolute atomic E-state index is 12.2. The summed E-state index contributed by atoms with van der Waals surface area (Å²) in [4.78, 5) is 18.5. The van der Waals surface area contributed by atoms with Gasteiger partial charge in [-0.1, -0.05) is 35.5 Å². The van der Waals surface area contributed by atoms with Crippen LogP contribution < -0.4 is 5.32 Å². The number of nitrogens with zero attached hydrogens (tertiary/aromatic N) is 3. The first-order chi connectivity index (χ1) is 13.0. The van der Waals surface area contributed by atoms with Gasteiger partial charge in [-0.25, -0.2) is 13.4 Å². The van der Waals surface area contributed by atoms with Gasteiger partial charge in [0, 0.05) is 44.2 Å². The molecular formula is C17H19N5O4S. The van der Waals surface area contributed by atoms with E-state index in [4.69, 9.17) is 4.52 Å². The third-order valence-electron chi connectivity index (χ3n) is 3.86. The number of hydrogen-bond donors (Lipinski definition) is 2. The molecule has 9 nitrogen and oxygen atoms in total. The van der Waals surface area contributed by atoms with Gasteiger partial charge in [0.1, 0.15) is 0 Å². The van der Waals surface area contributed by atoms with Crippen molar-refractivity contribution in [1.29, 1.82) is 0 Å². The summed E-state index contributed by atoms with van der Waals surface area (Å²) in [5.41, 5.74) is 0.999. The van der Waals surface area contributed by atoms with E-state index < -0.39 is 10.0 Å². The highest BCUT2D eigenvalue weighted by Crippen LogP contribution is 2.19. The molecule has 0 saturated carbocycles. The van der Waals surface area contributed by atoms with Gasteiger partial charge in [0.2, 0.25) is 5.16 Å². The number of aromatic nitrogens is 3. The van der Waals surface area contributed by atoms with Crippen LogP contribution in [0, 0.1) is 0 Å². The van der Waals surface area contributed by atoms with Gasteiger partial charge in [0.25, 0.3) is 15.9 Å². The van der Waals surface area contributed by atoms with Gasteiger partial charge < -0.3 is 14.8 Å². The Kier molecular flexibility index (Phi) is 5.67. The van der Waals surface area contributed by atoms with Crippen LogP contribution in [0.25, 0.3) is 11.3 Å². The highest BCUT2D eigenvalue weighted by molar-refractivity contribution is 7.88. The smallest absolute Gasteiger partial charge is 0.276 e. The fraction of sp³-hybridized carbons (Fsp3) is 0.235. The Bertz CT molecular complexity index is 984. The maximum atomic E-state index is 12.2. The molecule has 1 amide bonds. The second kappa shape index (κ2) is 8.14. The topological polar surface area (TPSA) is 121 Å². The van der Waals surface area contributed by atoms with Crippen molar-refractivity contribution in [1.82, 2.24) is 24.7 Å². The number of rotatable bonds is 8. The number of hydrogen-bond acceptors (Lipinski definition) is 6. The van der Waals surface area contributed by atoms with Crippen LogP contribution in [-0.2, 0) is 10.0 Å². The SMILES string of the molecule is CN(CCCNC(=O)c1cc(-c2ccccc2)on1)S(=O)(=O)c1ncc[nH]1. The number of amides is 1. The minimum absolute atomic E-state index is 0.106. The zero-order valence-corrected chi connectivity index (χ0v) is 15.4. The van der Waals surface area contributed by atoms with Crippen LogP contribution in [-0.4, -0.2) is 53.9 Å². The number of imidazole rings is 1. The van der Waals surface area contributed by atoms with Crippen LogP contribution in [0.3, 0.4) is 0 Å². The molecule has 0 saturated heterocycles. The third kappa shape index (κ3) is 4.41. The summed E-state index contributed by atoms with van der Waals surface area (Å²) in [5, 5.41) is 6.37. The molecule has 27 heavy (non-hydrogen) atoms. The maximum Gasteiger partial charge on any atom is 0.276 e. The number of carbonyl (C=O) groups excluding carboxylic acids is 1. The monoisotopic (exact) mass is 389 g/mol. The fourth-order valence-electron chi connectivity index (χ4n) is 2.37. The van der Waals surface area contributed by atoms with Crippen molar-refractivity contribution < 1.29 is 17.7 Å². The van der Waals surface area contributed by atoms with Crippen LogP contribution in [0.4, 0.5) is 0 Å². The van der Waals surface area contributed by atoms with Crippen molar-refractivity contribution in [3.63, 3.8) is 0 Å². The van der Waals surface area contributed by atoms with Crippen LogP contribution in [0.1, 0.15) is 16.9 Å².